The van der Waals surface area contributed by atoms with Gasteiger partial charge in [0.1, 0.15) is 0 Å². The Balaban J connectivity index is 2.00. The normalized spacial score (nSPS) is 12.7. The highest BCUT2D eigenvalue weighted by molar-refractivity contribution is 7.11. The Hall–Kier alpha value is -1.19. The van der Waals surface area contributed by atoms with Crippen molar-refractivity contribution in [2.24, 2.45) is 0 Å². The number of nitrogens with zero attached hydrogens (tertiary/aromatic N) is 1. The van der Waals surface area contributed by atoms with Crippen molar-refractivity contribution in [3.05, 3.63) is 51.0 Å². The van der Waals surface area contributed by atoms with E-state index in [2.05, 4.69) is 62.3 Å². The minimum absolute atomic E-state index is 0.367. The highest BCUT2D eigenvalue weighted by Crippen LogP contribution is 2.19. The molecular formula is C15H20N2S. The maximum absolute atomic E-state index is 4.45. The van der Waals surface area contributed by atoms with E-state index in [-0.39, 0.29) is 0 Å². The Kier molecular flexibility index (Phi) is 4.15. The molecule has 0 aliphatic heterocycles. The highest BCUT2D eigenvalue weighted by Gasteiger charge is 2.08. The van der Waals surface area contributed by atoms with Gasteiger partial charge in [-0.2, -0.15) is 0 Å². The van der Waals surface area contributed by atoms with Crippen molar-refractivity contribution < 1.29 is 0 Å². The topological polar surface area (TPSA) is 24.9 Å². The van der Waals surface area contributed by atoms with Crippen molar-refractivity contribution in [1.29, 1.82) is 0 Å². The van der Waals surface area contributed by atoms with Crippen LogP contribution < -0.4 is 5.32 Å². The molecule has 18 heavy (non-hydrogen) atoms. The molecule has 2 rings (SSSR count). The van der Waals surface area contributed by atoms with Crippen LogP contribution in [0.3, 0.4) is 0 Å². The predicted octanol–water partition coefficient (Wildman–Crippen LogP) is 3.92. The molecule has 3 heteroatoms. The summed E-state index contributed by atoms with van der Waals surface area (Å²) in [7, 11) is 0. The lowest BCUT2D eigenvalue weighted by Gasteiger charge is -2.14. The maximum atomic E-state index is 4.45. The lowest BCUT2D eigenvalue weighted by Crippen LogP contribution is -2.18. The van der Waals surface area contributed by atoms with E-state index in [0.717, 1.165) is 17.2 Å². The molecule has 1 atom stereocenters. The van der Waals surface area contributed by atoms with Crippen LogP contribution in [0.1, 0.15) is 39.7 Å². The van der Waals surface area contributed by atoms with Crippen molar-refractivity contribution in [1.82, 2.24) is 10.3 Å². The van der Waals surface area contributed by atoms with Crippen molar-refractivity contribution in [2.75, 3.05) is 0 Å². The average molecular weight is 260 g/mol. The molecule has 0 bridgehead atoms. The fourth-order valence-electron chi connectivity index (χ4n) is 2.04. The minimum atomic E-state index is 0.367. The summed E-state index contributed by atoms with van der Waals surface area (Å²) >= 11 is 1.78. The minimum Gasteiger partial charge on any atom is -0.305 e. The van der Waals surface area contributed by atoms with E-state index < -0.39 is 0 Å². The summed E-state index contributed by atoms with van der Waals surface area (Å²) in [5.41, 5.74) is 3.81. The number of aryl methyl sites for hydroxylation is 3. The Bertz CT molecular complexity index is 531. The Morgan fingerprint density at radius 1 is 1.28 bits per heavy atom. The maximum Gasteiger partial charge on any atom is 0.0900 e. The number of aromatic nitrogens is 1. The zero-order chi connectivity index (χ0) is 13.1. The van der Waals surface area contributed by atoms with Gasteiger partial charge in [0.15, 0.2) is 0 Å². The van der Waals surface area contributed by atoms with Gasteiger partial charge in [-0.15, -0.1) is 11.3 Å². The highest BCUT2D eigenvalue weighted by atomic mass is 32.1. The first-order valence-electron chi connectivity index (χ1n) is 6.29. The number of benzene rings is 1. The Labute approximate surface area is 113 Å². The van der Waals surface area contributed by atoms with Gasteiger partial charge in [-0.05, 0) is 33.3 Å². The van der Waals surface area contributed by atoms with Gasteiger partial charge in [0.2, 0.25) is 0 Å². The zero-order valence-electron chi connectivity index (χ0n) is 11.4. The van der Waals surface area contributed by atoms with E-state index in [0.29, 0.717) is 6.04 Å². The van der Waals surface area contributed by atoms with Crippen molar-refractivity contribution in [3.63, 3.8) is 0 Å². The van der Waals surface area contributed by atoms with E-state index in [1.165, 1.54) is 16.0 Å². The molecule has 0 unspecified atom stereocenters. The quantitative estimate of drug-likeness (QED) is 0.901. The monoisotopic (exact) mass is 260 g/mol. The number of nitrogens with one attached hydrogen (secondary N) is 1. The number of rotatable bonds is 4. The number of hydrogen-bond acceptors (Lipinski definition) is 3. The second-order valence-electron chi connectivity index (χ2n) is 4.76. The summed E-state index contributed by atoms with van der Waals surface area (Å²) in [5.74, 6) is 0. The van der Waals surface area contributed by atoms with Crippen LogP contribution in [-0.2, 0) is 6.54 Å². The third kappa shape index (κ3) is 3.18. The smallest absolute Gasteiger partial charge is 0.0900 e. The first kappa shape index (κ1) is 13.2. The van der Waals surface area contributed by atoms with Gasteiger partial charge in [-0.1, -0.05) is 29.8 Å². The molecule has 2 aromatic rings. The summed E-state index contributed by atoms with van der Waals surface area (Å²) in [4.78, 5) is 5.79. The van der Waals surface area contributed by atoms with Crippen LogP contribution >= 0.6 is 11.3 Å². The van der Waals surface area contributed by atoms with Gasteiger partial charge in [-0.25, -0.2) is 4.98 Å². The van der Waals surface area contributed by atoms with Gasteiger partial charge in [-0.3, -0.25) is 0 Å². The third-order valence-electron chi connectivity index (χ3n) is 3.11. The summed E-state index contributed by atoms with van der Waals surface area (Å²) in [6.07, 6.45) is 0. The number of thiazole rings is 1. The second-order valence-corrected chi connectivity index (χ2v) is 6.05. The summed E-state index contributed by atoms with van der Waals surface area (Å²) < 4.78 is 0. The van der Waals surface area contributed by atoms with Crippen LogP contribution in [-0.4, -0.2) is 4.98 Å². The van der Waals surface area contributed by atoms with E-state index in [4.69, 9.17) is 0 Å². The summed E-state index contributed by atoms with van der Waals surface area (Å²) in [6, 6.07) is 9.03. The largest absolute Gasteiger partial charge is 0.305 e. The Morgan fingerprint density at radius 2 is 2.06 bits per heavy atom. The van der Waals surface area contributed by atoms with Crippen LogP contribution in [0.25, 0.3) is 0 Å². The molecule has 0 spiro atoms. The molecule has 1 aromatic heterocycles. The molecule has 0 saturated heterocycles. The molecule has 1 aromatic carbocycles. The average Bonchev–Trinajstić information content (AvgIpc) is 2.65. The fourth-order valence-corrected chi connectivity index (χ4v) is 2.93. The lowest BCUT2D eigenvalue weighted by atomic mass is 10.1. The van der Waals surface area contributed by atoms with Gasteiger partial charge in [0, 0.05) is 17.5 Å². The Morgan fingerprint density at radius 3 is 2.67 bits per heavy atom. The summed E-state index contributed by atoms with van der Waals surface area (Å²) in [5, 5.41) is 4.71. The number of hydrogen-bond donors (Lipinski definition) is 1. The standard InChI is InChI=1S/C15H20N2S/c1-10-6-5-7-14(8-10)11(2)16-9-15-12(3)17-13(4)18-15/h5-8,11,16H,9H2,1-4H3/t11-/m0/s1. The molecule has 0 radical (unpaired) electrons. The van der Waals surface area contributed by atoms with Crippen LogP contribution in [0.15, 0.2) is 24.3 Å². The van der Waals surface area contributed by atoms with Crippen molar-refractivity contribution >= 4 is 11.3 Å². The van der Waals surface area contributed by atoms with Crippen molar-refractivity contribution in [3.8, 4) is 0 Å². The molecule has 0 amide bonds. The first-order chi connectivity index (χ1) is 8.56. The fraction of sp³-hybridized carbons (Fsp3) is 0.400. The van der Waals surface area contributed by atoms with Gasteiger partial charge < -0.3 is 5.32 Å². The van der Waals surface area contributed by atoms with Crippen LogP contribution in [0, 0.1) is 20.8 Å². The zero-order valence-corrected chi connectivity index (χ0v) is 12.3. The molecule has 1 N–H and O–H groups in total. The van der Waals surface area contributed by atoms with Crippen molar-refractivity contribution in [2.45, 2.75) is 40.3 Å². The first-order valence-corrected chi connectivity index (χ1v) is 7.11. The molecule has 0 aliphatic rings. The molecule has 1 heterocycles. The van der Waals surface area contributed by atoms with E-state index in [9.17, 15) is 0 Å². The van der Waals surface area contributed by atoms with Gasteiger partial charge in [0.05, 0.1) is 10.7 Å². The molecule has 0 saturated carbocycles. The van der Waals surface area contributed by atoms with Crippen LogP contribution in [0.4, 0.5) is 0 Å². The lowest BCUT2D eigenvalue weighted by molar-refractivity contribution is 0.577. The predicted molar refractivity (Wildman–Crippen MR) is 78.0 cm³/mol. The molecule has 2 nitrogen and oxygen atoms in total. The summed E-state index contributed by atoms with van der Waals surface area (Å²) in [6.45, 7) is 9.38. The van der Waals surface area contributed by atoms with Gasteiger partial charge in [0.25, 0.3) is 0 Å². The SMILES string of the molecule is Cc1cccc([C@H](C)NCc2sc(C)nc2C)c1. The van der Waals surface area contributed by atoms with E-state index >= 15 is 0 Å². The van der Waals surface area contributed by atoms with E-state index in [1.807, 2.05) is 0 Å². The molecular weight excluding hydrogens is 240 g/mol. The van der Waals surface area contributed by atoms with Crippen LogP contribution in [0.5, 0.6) is 0 Å². The second kappa shape index (κ2) is 5.63. The van der Waals surface area contributed by atoms with Gasteiger partial charge >= 0.3 is 0 Å². The third-order valence-corrected chi connectivity index (χ3v) is 4.18. The molecule has 96 valence electrons. The van der Waals surface area contributed by atoms with Crippen LogP contribution in [0.2, 0.25) is 0 Å². The molecule has 0 aliphatic carbocycles. The van der Waals surface area contributed by atoms with E-state index in [1.54, 1.807) is 11.3 Å². The molecule has 0 fully saturated rings.